The predicted octanol–water partition coefficient (Wildman–Crippen LogP) is 5.79. The summed E-state index contributed by atoms with van der Waals surface area (Å²) in [6.07, 6.45) is 14.4. The van der Waals surface area contributed by atoms with E-state index < -0.39 is 0 Å². The summed E-state index contributed by atoms with van der Waals surface area (Å²) in [6.45, 7) is 11.0. The molecule has 2 fully saturated rings. The topological polar surface area (TPSA) is 12.0 Å². The minimum atomic E-state index is 0.559. The first-order chi connectivity index (χ1) is 10.0. The van der Waals surface area contributed by atoms with Crippen LogP contribution in [0.5, 0.6) is 0 Å². The van der Waals surface area contributed by atoms with Gasteiger partial charge in [0.25, 0.3) is 0 Å². The summed E-state index contributed by atoms with van der Waals surface area (Å²) in [5, 5.41) is 3.87. The fourth-order valence-electron chi connectivity index (χ4n) is 4.68. The van der Waals surface area contributed by atoms with Gasteiger partial charge in [-0.2, -0.15) is 0 Å². The average molecular weight is 294 g/mol. The molecule has 0 bridgehead atoms. The summed E-state index contributed by atoms with van der Waals surface area (Å²) in [5.41, 5.74) is 0.559. The SMILES string of the molecule is CCC(C)(C)C1CCC(NCCC2CCCC(C)C2)CC1. The molecular formula is C20H39N. The van der Waals surface area contributed by atoms with Crippen LogP contribution in [0.15, 0.2) is 0 Å². The van der Waals surface area contributed by atoms with E-state index in [-0.39, 0.29) is 0 Å². The van der Waals surface area contributed by atoms with Crippen molar-refractivity contribution >= 4 is 0 Å². The lowest BCUT2D eigenvalue weighted by molar-refractivity contribution is 0.136. The maximum Gasteiger partial charge on any atom is 0.00672 e. The van der Waals surface area contributed by atoms with E-state index >= 15 is 0 Å². The van der Waals surface area contributed by atoms with Crippen LogP contribution in [-0.2, 0) is 0 Å². The maximum atomic E-state index is 3.87. The van der Waals surface area contributed by atoms with Crippen molar-refractivity contribution in [3.05, 3.63) is 0 Å². The quantitative estimate of drug-likeness (QED) is 0.654. The Morgan fingerprint density at radius 1 is 1.00 bits per heavy atom. The summed E-state index contributed by atoms with van der Waals surface area (Å²) in [6, 6.07) is 0.815. The lowest BCUT2D eigenvalue weighted by atomic mass is 9.69. The molecule has 0 heterocycles. The highest BCUT2D eigenvalue weighted by Gasteiger charge is 2.31. The summed E-state index contributed by atoms with van der Waals surface area (Å²) in [7, 11) is 0. The Kier molecular flexibility index (Phi) is 6.59. The molecule has 1 nitrogen and oxygen atoms in total. The Morgan fingerprint density at radius 3 is 2.33 bits per heavy atom. The van der Waals surface area contributed by atoms with Gasteiger partial charge in [0.1, 0.15) is 0 Å². The highest BCUT2D eigenvalue weighted by molar-refractivity contribution is 4.85. The van der Waals surface area contributed by atoms with E-state index in [0.29, 0.717) is 5.41 Å². The van der Waals surface area contributed by atoms with Crippen LogP contribution in [0.3, 0.4) is 0 Å². The van der Waals surface area contributed by atoms with Gasteiger partial charge in [-0.25, -0.2) is 0 Å². The van der Waals surface area contributed by atoms with E-state index in [2.05, 4.69) is 33.0 Å². The Bertz CT molecular complexity index is 288. The molecule has 0 aromatic heterocycles. The zero-order chi connectivity index (χ0) is 15.3. The summed E-state index contributed by atoms with van der Waals surface area (Å²) >= 11 is 0. The fraction of sp³-hybridized carbons (Fsp3) is 1.00. The standard InChI is InChI=1S/C20H39N/c1-5-20(3,4)18-9-11-19(12-10-18)21-14-13-17-8-6-7-16(2)15-17/h16-19,21H,5-15H2,1-4H3. The molecule has 0 amide bonds. The first-order valence-corrected chi connectivity index (χ1v) is 9.74. The molecule has 2 aliphatic rings. The molecule has 2 atom stereocenters. The molecule has 0 aliphatic heterocycles. The summed E-state index contributed by atoms with van der Waals surface area (Å²) in [4.78, 5) is 0. The molecule has 21 heavy (non-hydrogen) atoms. The van der Waals surface area contributed by atoms with Gasteiger partial charge in [0.2, 0.25) is 0 Å². The molecule has 2 saturated carbocycles. The van der Waals surface area contributed by atoms with E-state index in [9.17, 15) is 0 Å². The molecule has 2 rings (SSSR count). The van der Waals surface area contributed by atoms with Crippen molar-refractivity contribution < 1.29 is 0 Å². The largest absolute Gasteiger partial charge is 0.314 e. The minimum absolute atomic E-state index is 0.559. The van der Waals surface area contributed by atoms with Crippen molar-refractivity contribution in [2.24, 2.45) is 23.2 Å². The van der Waals surface area contributed by atoms with Crippen LogP contribution in [0.4, 0.5) is 0 Å². The Morgan fingerprint density at radius 2 is 1.71 bits per heavy atom. The third-order valence-electron chi connectivity index (χ3n) is 6.77. The van der Waals surface area contributed by atoms with E-state index in [1.165, 1.54) is 70.8 Å². The first-order valence-electron chi connectivity index (χ1n) is 9.74. The van der Waals surface area contributed by atoms with Gasteiger partial charge < -0.3 is 5.32 Å². The van der Waals surface area contributed by atoms with Crippen LogP contribution in [0.1, 0.15) is 91.9 Å². The average Bonchev–Trinajstić information content (AvgIpc) is 2.48. The van der Waals surface area contributed by atoms with Crippen LogP contribution in [-0.4, -0.2) is 12.6 Å². The van der Waals surface area contributed by atoms with Crippen molar-refractivity contribution in [3.63, 3.8) is 0 Å². The smallest absolute Gasteiger partial charge is 0.00672 e. The molecule has 0 aromatic rings. The van der Waals surface area contributed by atoms with E-state index in [4.69, 9.17) is 0 Å². The highest BCUT2D eigenvalue weighted by Crippen LogP contribution is 2.40. The lowest BCUT2D eigenvalue weighted by Crippen LogP contribution is -2.37. The zero-order valence-corrected chi connectivity index (χ0v) is 15.1. The molecule has 0 radical (unpaired) electrons. The molecule has 124 valence electrons. The maximum absolute atomic E-state index is 3.87. The van der Waals surface area contributed by atoms with Crippen LogP contribution in [0.2, 0.25) is 0 Å². The lowest BCUT2D eigenvalue weighted by Gasteiger charge is -2.39. The normalized spacial score (nSPS) is 34.9. The third-order valence-corrected chi connectivity index (χ3v) is 6.77. The molecule has 0 aromatic carbocycles. The van der Waals surface area contributed by atoms with Crippen molar-refractivity contribution in [3.8, 4) is 0 Å². The number of hydrogen-bond acceptors (Lipinski definition) is 1. The van der Waals surface area contributed by atoms with Crippen LogP contribution in [0.25, 0.3) is 0 Å². The second-order valence-corrected chi connectivity index (χ2v) is 8.77. The van der Waals surface area contributed by atoms with Crippen LogP contribution < -0.4 is 5.32 Å². The first kappa shape index (κ1) is 17.3. The molecule has 2 aliphatic carbocycles. The van der Waals surface area contributed by atoms with E-state index in [1.54, 1.807) is 0 Å². The van der Waals surface area contributed by atoms with Crippen LogP contribution in [0, 0.1) is 23.2 Å². The summed E-state index contributed by atoms with van der Waals surface area (Å²) in [5.74, 6) is 2.95. The van der Waals surface area contributed by atoms with Gasteiger partial charge >= 0.3 is 0 Å². The monoisotopic (exact) mass is 293 g/mol. The van der Waals surface area contributed by atoms with Gasteiger partial charge in [0.05, 0.1) is 0 Å². The van der Waals surface area contributed by atoms with Gasteiger partial charge in [-0.15, -0.1) is 0 Å². The van der Waals surface area contributed by atoms with Gasteiger partial charge in [0.15, 0.2) is 0 Å². The molecular weight excluding hydrogens is 254 g/mol. The molecule has 2 unspecified atom stereocenters. The molecule has 0 spiro atoms. The zero-order valence-electron chi connectivity index (χ0n) is 15.1. The molecule has 1 heteroatoms. The van der Waals surface area contributed by atoms with Crippen molar-refractivity contribution in [2.45, 2.75) is 97.9 Å². The molecule has 0 saturated heterocycles. The Hall–Kier alpha value is -0.0400. The van der Waals surface area contributed by atoms with Gasteiger partial charge in [0, 0.05) is 6.04 Å². The Labute approximate surface area is 133 Å². The minimum Gasteiger partial charge on any atom is -0.314 e. The summed E-state index contributed by atoms with van der Waals surface area (Å²) < 4.78 is 0. The molecule has 1 N–H and O–H groups in total. The third kappa shape index (κ3) is 5.27. The second kappa shape index (κ2) is 7.99. The fourth-order valence-corrected chi connectivity index (χ4v) is 4.68. The number of hydrogen-bond donors (Lipinski definition) is 1. The van der Waals surface area contributed by atoms with Crippen molar-refractivity contribution in [1.82, 2.24) is 5.32 Å². The number of rotatable bonds is 6. The highest BCUT2D eigenvalue weighted by atomic mass is 14.9. The Balaban J connectivity index is 1.61. The second-order valence-electron chi connectivity index (χ2n) is 8.77. The van der Waals surface area contributed by atoms with Crippen molar-refractivity contribution in [2.75, 3.05) is 6.54 Å². The number of nitrogens with one attached hydrogen (secondary N) is 1. The van der Waals surface area contributed by atoms with Gasteiger partial charge in [-0.3, -0.25) is 0 Å². The van der Waals surface area contributed by atoms with E-state index in [0.717, 1.165) is 23.8 Å². The van der Waals surface area contributed by atoms with E-state index in [1.807, 2.05) is 0 Å². The van der Waals surface area contributed by atoms with Gasteiger partial charge in [-0.05, 0) is 68.2 Å². The van der Waals surface area contributed by atoms with Gasteiger partial charge in [-0.1, -0.05) is 53.4 Å². The van der Waals surface area contributed by atoms with Crippen molar-refractivity contribution in [1.29, 1.82) is 0 Å². The predicted molar refractivity (Wildman–Crippen MR) is 93.6 cm³/mol. The van der Waals surface area contributed by atoms with Crippen LogP contribution >= 0.6 is 0 Å².